The van der Waals surface area contributed by atoms with Gasteiger partial charge in [0.25, 0.3) is 5.92 Å². The van der Waals surface area contributed by atoms with Gasteiger partial charge in [-0.3, -0.25) is 0 Å². The number of rotatable bonds is 7. The Hall–Kier alpha value is -2.93. The highest BCUT2D eigenvalue weighted by molar-refractivity contribution is 5.87. The van der Waals surface area contributed by atoms with E-state index in [0.29, 0.717) is 41.2 Å². The van der Waals surface area contributed by atoms with Crippen molar-refractivity contribution in [3.05, 3.63) is 59.2 Å². The molecule has 3 N–H and O–H groups in total. The Labute approximate surface area is 161 Å². The highest BCUT2D eigenvalue weighted by Gasteiger charge is 2.26. The van der Waals surface area contributed by atoms with Gasteiger partial charge in [0.15, 0.2) is 0 Å². The van der Waals surface area contributed by atoms with E-state index in [1.54, 1.807) is 18.2 Å². The van der Waals surface area contributed by atoms with Crippen LogP contribution in [0.3, 0.4) is 0 Å². The summed E-state index contributed by atoms with van der Waals surface area (Å²) in [6, 6.07) is 7.68. The molecule has 1 aliphatic heterocycles. The summed E-state index contributed by atoms with van der Waals surface area (Å²) in [6.45, 7) is 4.55. The summed E-state index contributed by atoms with van der Waals surface area (Å²) in [4.78, 5) is 11.0. The monoisotopic (exact) mass is 389 g/mol. The number of aliphatic carboxylic acids is 1. The molecule has 148 valence electrons. The van der Waals surface area contributed by atoms with Gasteiger partial charge in [-0.25, -0.2) is 13.6 Å². The molecule has 0 atom stereocenters. The number of hydrogen-bond donors (Lipinski definition) is 3. The van der Waals surface area contributed by atoms with Crippen molar-refractivity contribution in [3.8, 4) is 16.9 Å². The van der Waals surface area contributed by atoms with Crippen LogP contribution < -0.4 is 10.1 Å². The van der Waals surface area contributed by atoms with Crippen LogP contribution in [0.25, 0.3) is 11.1 Å². The molecule has 0 bridgehead atoms. The van der Waals surface area contributed by atoms with Gasteiger partial charge < -0.3 is 20.3 Å². The van der Waals surface area contributed by atoms with Gasteiger partial charge in [-0.2, -0.15) is 0 Å². The topological polar surface area (TPSA) is 78.8 Å². The minimum Gasteiger partial charge on any atom is -0.492 e. The molecule has 0 amide bonds. The fourth-order valence-corrected chi connectivity index (χ4v) is 3.22. The second kappa shape index (κ2) is 7.59. The van der Waals surface area contributed by atoms with Crippen LogP contribution in [0.5, 0.6) is 5.75 Å². The van der Waals surface area contributed by atoms with Crippen LogP contribution >= 0.6 is 0 Å². The Kier molecular flexibility index (Phi) is 5.38. The van der Waals surface area contributed by atoms with Gasteiger partial charge in [-0.1, -0.05) is 30.8 Å². The number of fused-ring (bicyclic) bond motifs is 1. The van der Waals surface area contributed by atoms with Crippen LogP contribution in [-0.2, 0) is 23.7 Å². The molecule has 1 heterocycles. The number of nitrogens with one attached hydrogen (secondary N) is 1. The summed E-state index contributed by atoms with van der Waals surface area (Å²) >= 11 is 0. The Bertz CT molecular complexity index is 917. The maximum atomic E-state index is 13.5. The van der Waals surface area contributed by atoms with Crippen molar-refractivity contribution in [2.45, 2.75) is 25.9 Å². The Morgan fingerprint density at radius 2 is 2.00 bits per heavy atom. The lowest BCUT2D eigenvalue weighted by Gasteiger charge is -2.18. The number of hydrogen-bond acceptors (Lipinski definition) is 4. The van der Waals surface area contributed by atoms with Crippen molar-refractivity contribution in [2.75, 3.05) is 18.5 Å². The van der Waals surface area contributed by atoms with Gasteiger partial charge in [0.2, 0.25) is 0 Å². The summed E-state index contributed by atoms with van der Waals surface area (Å²) in [5.74, 6) is -3.43. The SMILES string of the molecule is C=C(CNc1cc(-c2ccc(C(C)(F)F)cc2)c2c(c1CO)CCO2)C(=O)O. The molecule has 0 spiro atoms. The first kappa shape index (κ1) is 19.8. The highest BCUT2D eigenvalue weighted by Crippen LogP contribution is 2.43. The van der Waals surface area contributed by atoms with Crippen LogP contribution in [0.4, 0.5) is 14.5 Å². The summed E-state index contributed by atoms with van der Waals surface area (Å²) in [6.07, 6.45) is 0.596. The predicted molar refractivity (Wildman–Crippen MR) is 102 cm³/mol. The number of aliphatic hydroxyl groups excluding tert-OH is 1. The smallest absolute Gasteiger partial charge is 0.332 e. The molecule has 3 rings (SSSR count). The summed E-state index contributed by atoms with van der Waals surface area (Å²) in [5.41, 5.74) is 3.30. The number of carboxylic acid groups (broad SMARTS) is 1. The maximum Gasteiger partial charge on any atom is 0.332 e. The van der Waals surface area contributed by atoms with E-state index in [2.05, 4.69) is 11.9 Å². The number of carbonyl (C=O) groups is 1. The van der Waals surface area contributed by atoms with Crippen molar-refractivity contribution in [3.63, 3.8) is 0 Å². The largest absolute Gasteiger partial charge is 0.492 e. The van der Waals surface area contributed by atoms with Crippen LogP contribution in [-0.4, -0.2) is 29.3 Å². The quantitative estimate of drug-likeness (QED) is 0.625. The predicted octanol–water partition coefficient (Wildman–Crippen LogP) is 3.95. The maximum absolute atomic E-state index is 13.5. The molecule has 0 radical (unpaired) electrons. The van der Waals surface area contributed by atoms with Gasteiger partial charge in [0.1, 0.15) is 5.75 Å². The van der Waals surface area contributed by atoms with Crippen LogP contribution in [0.15, 0.2) is 42.5 Å². The lowest BCUT2D eigenvalue weighted by molar-refractivity contribution is -0.132. The lowest BCUT2D eigenvalue weighted by Crippen LogP contribution is -2.13. The van der Waals surface area contributed by atoms with E-state index in [-0.39, 0.29) is 24.3 Å². The molecule has 2 aromatic rings. The van der Waals surface area contributed by atoms with Crippen molar-refractivity contribution in [1.29, 1.82) is 0 Å². The van der Waals surface area contributed by atoms with E-state index >= 15 is 0 Å². The molecule has 0 aromatic heterocycles. The van der Waals surface area contributed by atoms with Gasteiger partial charge >= 0.3 is 5.97 Å². The molecular formula is C21H21F2NO4. The number of aliphatic hydroxyl groups is 1. The van der Waals surface area contributed by atoms with Crippen molar-refractivity contribution in [2.24, 2.45) is 0 Å². The summed E-state index contributed by atoms with van der Waals surface area (Å²) < 4.78 is 32.7. The fraction of sp³-hybridized carbons (Fsp3) is 0.286. The Balaban J connectivity index is 2.04. The molecule has 1 aliphatic rings. The third kappa shape index (κ3) is 3.84. The Morgan fingerprint density at radius 3 is 2.57 bits per heavy atom. The lowest BCUT2D eigenvalue weighted by atomic mass is 9.94. The van der Waals surface area contributed by atoms with Crippen LogP contribution in [0.2, 0.25) is 0 Å². The van der Waals surface area contributed by atoms with E-state index in [0.717, 1.165) is 12.5 Å². The highest BCUT2D eigenvalue weighted by atomic mass is 19.3. The summed E-state index contributed by atoms with van der Waals surface area (Å²) in [7, 11) is 0. The minimum atomic E-state index is -2.93. The fourth-order valence-electron chi connectivity index (χ4n) is 3.22. The standard InChI is InChI=1S/C21H21F2NO4/c1-12(20(26)27)10-24-18-9-16(19-15(7-8-28-19)17(18)11-25)13-3-5-14(6-4-13)21(2,22)23/h3-6,9,24-25H,1,7-8,10-11H2,2H3,(H,26,27). The van der Waals surface area contributed by atoms with Crippen molar-refractivity contribution in [1.82, 2.24) is 0 Å². The molecule has 2 aromatic carbocycles. The number of halogens is 2. The zero-order chi connectivity index (χ0) is 20.5. The number of ether oxygens (including phenoxy) is 1. The Morgan fingerprint density at radius 1 is 1.32 bits per heavy atom. The average molecular weight is 389 g/mol. The zero-order valence-electron chi connectivity index (χ0n) is 15.4. The van der Waals surface area contributed by atoms with Crippen molar-refractivity contribution >= 4 is 11.7 Å². The average Bonchev–Trinajstić information content (AvgIpc) is 3.14. The van der Waals surface area contributed by atoms with Gasteiger partial charge in [-0.15, -0.1) is 0 Å². The third-order valence-electron chi connectivity index (χ3n) is 4.75. The second-order valence-corrected chi connectivity index (χ2v) is 6.74. The van der Waals surface area contributed by atoms with Crippen molar-refractivity contribution < 1.29 is 28.5 Å². The third-order valence-corrected chi connectivity index (χ3v) is 4.75. The first-order chi connectivity index (χ1) is 13.2. The molecule has 0 fully saturated rings. The molecule has 0 saturated carbocycles. The van der Waals surface area contributed by atoms with E-state index in [1.807, 2.05) is 0 Å². The number of carboxylic acids is 1. The molecule has 5 nitrogen and oxygen atoms in total. The first-order valence-electron chi connectivity index (χ1n) is 8.78. The molecule has 0 aliphatic carbocycles. The normalized spacial score (nSPS) is 13.0. The van der Waals surface area contributed by atoms with Gasteiger partial charge in [0, 0.05) is 53.4 Å². The molecule has 28 heavy (non-hydrogen) atoms. The molecular weight excluding hydrogens is 368 g/mol. The first-order valence-corrected chi connectivity index (χ1v) is 8.78. The van der Waals surface area contributed by atoms with E-state index in [9.17, 15) is 18.7 Å². The molecule has 0 unspecified atom stereocenters. The van der Waals surface area contributed by atoms with E-state index in [4.69, 9.17) is 9.84 Å². The zero-order valence-corrected chi connectivity index (χ0v) is 15.4. The van der Waals surface area contributed by atoms with Gasteiger partial charge in [0.05, 0.1) is 13.2 Å². The number of benzene rings is 2. The summed E-state index contributed by atoms with van der Waals surface area (Å²) in [5, 5.41) is 21.8. The number of alkyl halides is 2. The minimum absolute atomic E-state index is 0.00239. The number of anilines is 1. The van der Waals surface area contributed by atoms with Gasteiger partial charge in [-0.05, 0) is 11.6 Å². The second-order valence-electron chi connectivity index (χ2n) is 6.74. The molecule has 7 heteroatoms. The van der Waals surface area contributed by atoms with Crippen LogP contribution in [0.1, 0.15) is 23.6 Å². The van der Waals surface area contributed by atoms with E-state index < -0.39 is 11.9 Å². The molecule has 0 saturated heterocycles. The van der Waals surface area contributed by atoms with E-state index in [1.165, 1.54) is 12.1 Å². The van der Waals surface area contributed by atoms with Crippen LogP contribution in [0, 0.1) is 0 Å².